The van der Waals surface area contributed by atoms with Crippen molar-refractivity contribution in [2.75, 3.05) is 39.9 Å². The molecule has 4 aromatic rings. The van der Waals surface area contributed by atoms with Gasteiger partial charge >= 0.3 is 6.18 Å². The number of nitrogens with zero attached hydrogens (tertiary/aromatic N) is 5. The third-order valence-corrected chi connectivity index (χ3v) is 7.19. The minimum Gasteiger partial charge on any atom is -0.497 e. The van der Waals surface area contributed by atoms with E-state index >= 15 is 0 Å². The highest BCUT2D eigenvalue weighted by Crippen LogP contribution is 2.37. The van der Waals surface area contributed by atoms with Crippen molar-refractivity contribution in [1.29, 1.82) is 0 Å². The molecule has 0 aliphatic carbocycles. The van der Waals surface area contributed by atoms with Crippen LogP contribution in [0.15, 0.2) is 54.7 Å². The van der Waals surface area contributed by atoms with Gasteiger partial charge in [0.25, 0.3) is 5.91 Å². The number of carbonyl (C=O) groups is 1. The summed E-state index contributed by atoms with van der Waals surface area (Å²) in [4.78, 5) is 21.5. The molecule has 1 aliphatic rings. The van der Waals surface area contributed by atoms with Gasteiger partial charge in [-0.2, -0.15) is 18.3 Å². The number of carbonyl (C=O) groups excluding carboxylic acids is 1. The number of hydrogen-bond acceptors (Lipinski definition) is 6. The molecule has 1 N–H and O–H groups in total. The maximum Gasteiger partial charge on any atom is 0.433 e. The standard InChI is InChI=1S/C28H27F4N5O3/c1-17-24(18-6-8-21(40-2)9-7-18)34-26-22(15-33-37(26)25(17)28(30,31)32)27(39)36-12-10-35(11-13-36)23(16-38)19-4-3-5-20(29)14-19/h3-9,14-15,23,38H,10-13,16H2,1-2H3/t23-/m0/s1. The van der Waals surface area contributed by atoms with Crippen molar-refractivity contribution in [3.05, 3.63) is 82.9 Å². The lowest BCUT2D eigenvalue weighted by Crippen LogP contribution is -2.50. The van der Waals surface area contributed by atoms with Gasteiger partial charge in [-0.05, 0) is 48.9 Å². The molecule has 12 heteroatoms. The van der Waals surface area contributed by atoms with Crippen molar-refractivity contribution in [2.24, 2.45) is 0 Å². The molecule has 2 aromatic carbocycles. The molecular weight excluding hydrogens is 530 g/mol. The Balaban J connectivity index is 1.45. The van der Waals surface area contributed by atoms with E-state index in [-0.39, 0.29) is 42.2 Å². The van der Waals surface area contributed by atoms with Gasteiger partial charge in [-0.25, -0.2) is 13.9 Å². The Morgan fingerprint density at radius 3 is 2.40 bits per heavy atom. The number of aromatic nitrogens is 3. The predicted octanol–water partition coefficient (Wildman–Crippen LogP) is 4.36. The number of amides is 1. The van der Waals surface area contributed by atoms with E-state index in [2.05, 4.69) is 10.1 Å². The van der Waals surface area contributed by atoms with Crippen molar-refractivity contribution in [3.8, 4) is 17.0 Å². The second kappa shape index (κ2) is 10.9. The second-order valence-corrected chi connectivity index (χ2v) is 9.54. The molecule has 5 rings (SSSR count). The largest absolute Gasteiger partial charge is 0.497 e. The molecular formula is C28H27F4N5O3. The fourth-order valence-electron chi connectivity index (χ4n) is 5.14. The first-order valence-electron chi connectivity index (χ1n) is 12.6. The zero-order valence-electron chi connectivity index (χ0n) is 21.8. The first-order chi connectivity index (χ1) is 19.1. The van der Waals surface area contributed by atoms with E-state index in [1.54, 1.807) is 36.4 Å². The van der Waals surface area contributed by atoms with Crippen molar-refractivity contribution in [1.82, 2.24) is 24.4 Å². The molecule has 2 aromatic heterocycles. The highest BCUT2D eigenvalue weighted by molar-refractivity contribution is 6.00. The molecule has 1 amide bonds. The molecule has 0 spiro atoms. The quantitative estimate of drug-likeness (QED) is 0.355. The average molecular weight is 558 g/mol. The number of hydrogen-bond donors (Lipinski definition) is 1. The summed E-state index contributed by atoms with van der Waals surface area (Å²) in [6, 6.07) is 12.0. The van der Waals surface area contributed by atoms with Gasteiger partial charge < -0.3 is 14.7 Å². The van der Waals surface area contributed by atoms with Gasteiger partial charge in [0, 0.05) is 37.3 Å². The maximum absolute atomic E-state index is 14.2. The summed E-state index contributed by atoms with van der Waals surface area (Å²) in [5.41, 5.74) is -0.215. The van der Waals surface area contributed by atoms with Gasteiger partial charge in [-0.3, -0.25) is 9.69 Å². The Morgan fingerprint density at radius 2 is 1.80 bits per heavy atom. The molecule has 8 nitrogen and oxygen atoms in total. The number of methoxy groups -OCH3 is 1. The SMILES string of the molecule is COc1ccc(-c2nc3c(C(=O)N4CCN([C@@H](CO)c5cccc(F)c5)CC4)cnn3c(C(F)(F)F)c2C)cc1. The highest BCUT2D eigenvalue weighted by atomic mass is 19.4. The lowest BCUT2D eigenvalue weighted by molar-refractivity contribution is -0.143. The number of halogens is 4. The normalized spacial score (nSPS) is 15.4. The molecule has 0 saturated carbocycles. The van der Waals surface area contributed by atoms with Gasteiger partial charge in [-0.1, -0.05) is 12.1 Å². The summed E-state index contributed by atoms with van der Waals surface area (Å²) in [7, 11) is 1.49. The summed E-state index contributed by atoms with van der Waals surface area (Å²) in [5.74, 6) is -0.363. The smallest absolute Gasteiger partial charge is 0.433 e. The summed E-state index contributed by atoms with van der Waals surface area (Å²) < 4.78 is 62.2. The van der Waals surface area contributed by atoms with Crippen LogP contribution < -0.4 is 4.74 Å². The molecule has 210 valence electrons. The molecule has 3 heterocycles. The van der Waals surface area contributed by atoms with Crippen LogP contribution >= 0.6 is 0 Å². The third-order valence-electron chi connectivity index (χ3n) is 7.19. The third kappa shape index (κ3) is 5.11. The molecule has 0 bridgehead atoms. The zero-order chi connectivity index (χ0) is 28.6. The Labute approximate surface area is 227 Å². The molecule has 1 atom stereocenters. The number of rotatable bonds is 6. The number of aliphatic hydroxyl groups excluding tert-OH is 1. The van der Waals surface area contributed by atoms with Crippen LogP contribution in [0.25, 0.3) is 16.9 Å². The topological polar surface area (TPSA) is 83.2 Å². The minimum atomic E-state index is -4.75. The fraction of sp³-hybridized carbons (Fsp3) is 0.321. The van der Waals surface area contributed by atoms with Gasteiger partial charge in [0.1, 0.15) is 17.1 Å². The average Bonchev–Trinajstić information content (AvgIpc) is 3.35. The summed E-state index contributed by atoms with van der Waals surface area (Å²) in [6.07, 6.45) is -3.63. The van der Waals surface area contributed by atoms with Crippen LogP contribution in [-0.4, -0.2) is 75.3 Å². The summed E-state index contributed by atoms with van der Waals surface area (Å²) in [6.45, 7) is 2.36. The van der Waals surface area contributed by atoms with Crippen molar-refractivity contribution < 1.29 is 32.2 Å². The lowest BCUT2D eigenvalue weighted by atomic mass is 10.0. The molecule has 0 unspecified atom stereocenters. The maximum atomic E-state index is 14.2. The van der Waals surface area contributed by atoms with E-state index in [1.165, 1.54) is 31.1 Å². The molecule has 0 radical (unpaired) electrons. The van der Waals surface area contributed by atoms with E-state index in [4.69, 9.17) is 4.74 Å². The number of alkyl halides is 3. The minimum absolute atomic E-state index is 0.0439. The number of fused-ring (bicyclic) bond motifs is 1. The van der Waals surface area contributed by atoms with Crippen LogP contribution in [0.1, 0.15) is 33.2 Å². The van der Waals surface area contributed by atoms with E-state index in [0.717, 1.165) is 6.20 Å². The highest BCUT2D eigenvalue weighted by Gasteiger charge is 2.39. The van der Waals surface area contributed by atoms with Crippen LogP contribution in [0.2, 0.25) is 0 Å². The number of ether oxygens (including phenoxy) is 1. The lowest BCUT2D eigenvalue weighted by Gasteiger charge is -2.38. The van der Waals surface area contributed by atoms with Crippen LogP contribution in [0.5, 0.6) is 5.75 Å². The van der Waals surface area contributed by atoms with Gasteiger partial charge in [-0.15, -0.1) is 0 Å². The Morgan fingerprint density at radius 1 is 1.10 bits per heavy atom. The Bertz CT molecular complexity index is 1530. The molecule has 1 fully saturated rings. The number of aliphatic hydroxyl groups is 1. The van der Waals surface area contributed by atoms with Crippen LogP contribution in [0, 0.1) is 12.7 Å². The molecule has 40 heavy (non-hydrogen) atoms. The monoisotopic (exact) mass is 557 g/mol. The van der Waals surface area contributed by atoms with Gasteiger partial charge in [0.2, 0.25) is 0 Å². The van der Waals surface area contributed by atoms with E-state index < -0.39 is 29.6 Å². The Kier molecular flexibility index (Phi) is 7.47. The fourth-order valence-corrected chi connectivity index (χ4v) is 5.14. The summed E-state index contributed by atoms with van der Waals surface area (Å²) in [5, 5.41) is 13.9. The van der Waals surface area contributed by atoms with Crippen molar-refractivity contribution in [2.45, 2.75) is 19.1 Å². The van der Waals surface area contributed by atoms with Gasteiger partial charge in [0.15, 0.2) is 11.3 Å². The van der Waals surface area contributed by atoms with Crippen LogP contribution in [0.3, 0.4) is 0 Å². The van der Waals surface area contributed by atoms with Crippen LogP contribution in [-0.2, 0) is 6.18 Å². The van der Waals surface area contributed by atoms with Crippen molar-refractivity contribution >= 4 is 11.6 Å². The first kappa shape index (κ1) is 27.5. The zero-order valence-corrected chi connectivity index (χ0v) is 21.8. The number of piperazine rings is 1. The molecule has 1 aliphatic heterocycles. The second-order valence-electron chi connectivity index (χ2n) is 9.54. The number of benzene rings is 2. The molecule has 1 saturated heterocycles. The van der Waals surface area contributed by atoms with E-state index in [9.17, 15) is 27.5 Å². The summed E-state index contributed by atoms with van der Waals surface area (Å²) >= 11 is 0. The van der Waals surface area contributed by atoms with E-state index in [0.29, 0.717) is 34.5 Å². The van der Waals surface area contributed by atoms with E-state index in [1.807, 2.05) is 4.90 Å². The van der Waals surface area contributed by atoms with Crippen LogP contribution in [0.4, 0.5) is 17.6 Å². The predicted molar refractivity (Wildman–Crippen MR) is 138 cm³/mol. The Hall–Kier alpha value is -4.03. The van der Waals surface area contributed by atoms with Crippen molar-refractivity contribution in [3.63, 3.8) is 0 Å². The first-order valence-corrected chi connectivity index (χ1v) is 12.6. The van der Waals surface area contributed by atoms with Gasteiger partial charge in [0.05, 0.1) is 31.6 Å².